The quantitative estimate of drug-likeness (QED) is 0.613. The van der Waals surface area contributed by atoms with Crippen molar-refractivity contribution in [1.82, 2.24) is 0 Å². The van der Waals surface area contributed by atoms with E-state index in [2.05, 4.69) is 0 Å². The van der Waals surface area contributed by atoms with Gasteiger partial charge in [-0.3, -0.25) is 0 Å². The molecule has 0 bridgehead atoms. The fraction of sp³-hybridized carbons (Fsp3) is 0. The molecule has 0 aliphatic rings. The lowest BCUT2D eigenvalue weighted by Gasteiger charge is -1.99. The summed E-state index contributed by atoms with van der Waals surface area (Å²) < 4.78 is 0. The van der Waals surface area contributed by atoms with Crippen LogP contribution < -0.4 is 5.46 Å². The van der Waals surface area contributed by atoms with Gasteiger partial charge in [0.1, 0.15) is 0 Å². The molecule has 0 saturated carbocycles. The molecule has 0 atom stereocenters. The van der Waals surface area contributed by atoms with Gasteiger partial charge in [-0.2, -0.15) is 0 Å². The van der Waals surface area contributed by atoms with Crippen molar-refractivity contribution in [3.63, 3.8) is 0 Å². The second-order valence-electron chi connectivity index (χ2n) is 3.78. The minimum absolute atomic E-state index is 0.502. The van der Waals surface area contributed by atoms with Gasteiger partial charge in [-0.15, -0.1) is 0 Å². The van der Waals surface area contributed by atoms with E-state index in [9.17, 15) is 0 Å². The minimum Gasteiger partial charge on any atom is -0.423 e. The van der Waals surface area contributed by atoms with E-state index in [1.54, 1.807) is 12.1 Å². The average Bonchev–Trinajstić information content (AvgIpc) is 2.38. The lowest BCUT2D eigenvalue weighted by Crippen LogP contribution is -2.29. The topological polar surface area (TPSA) is 40.5 Å². The Bertz CT molecular complexity index is 489. The van der Waals surface area contributed by atoms with Crippen LogP contribution in [0.15, 0.2) is 54.6 Å². The molecule has 0 aliphatic heterocycles. The van der Waals surface area contributed by atoms with Crippen LogP contribution in [0.4, 0.5) is 0 Å². The molecule has 0 aliphatic carbocycles. The summed E-state index contributed by atoms with van der Waals surface area (Å²) in [5.41, 5.74) is 2.67. The molecule has 0 heterocycles. The zero-order valence-electron chi connectivity index (χ0n) is 9.32. The summed E-state index contributed by atoms with van der Waals surface area (Å²) in [6.07, 6.45) is 4.01. The van der Waals surface area contributed by atoms with E-state index < -0.39 is 7.12 Å². The zero-order chi connectivity index (χ0) is 12.1. The standard InChI is InChI=1S/C14H13BO2/c16-15(17)14-10-8-13(9-11-14)7-6-12-4-2-1-3-5-12/h1-11,16-17H/b7-6-. The molecule has 0 aromatic heterocycles. The van der Waals surface area contributed by atoms with Crippen molar-refractivity contribution in [2.75, 3.05) is 0 Å². The predicted octanol–water partition coefficient (Wildman–Crippen LogP) is 1.54. The lowest BCUT2D eigenvalue weighted by atomic mass is 9.80. The molecule has 0 amide bonds. The van der Waals surface area contributed by atoms with Crippen LogP contribution in [0.3, 0.4) is 0 Å². The van der Waals surface area contributed by atoms with Crippen LogP contribution in [-0.2, 0) is 0 Å². The molecular formula is C14H13BO2. The third-order valence-corrected chi connectivity index (χ3v) is 2.50. The summed E-state index contributed by atoms with van der Waals surface area (Å²) in [6.45, 7) is 0. The highest BCUT2D eigenvalue weighted by Crippen LogP contribution is 2.06. The Hall–Kier alpha value is -1.84. The first-order valence-corrected chi connectivity index (χ1v) is 5.45. The molecule has 3 heteroatoms. The van der Waals surface area contributed by atoms with Gasteiger partial charge in [-0.1, -0.05) is 66.7 Å². The Morgan fingerprint density at radius 3 is 1.76 bits per heavy atom. The van der Waals surface area contributed by atoms with E-state index in [1.165, 1.54) is 0 Å². The smallest absolute Gasteiger partial charge is 0.423 e. The molecular weight excluding hydrogens is 211 g/mol. The highest BCUT2D eigenvalue weighted by atomic mass is 16.4. The van der Waals surface area contributed by atoms with Crippen molar-refractivity contribution >= 4 is 24.7 Å². The Labute approximate surface area is 101 Å². The number of benzene rings is 2. The summed E-state index contributed by atoms with van der Waals surface area (Å²) in [6, 6.07) is 17.1. The van der Waals surface area contributed by atoms with Gasteiger partial charge >= 0.3 is 7.12 Å². The summed E-state index contributed by atoms with van der Waals surface area (Å²) in [5.74, 6) is 0. The van der Waals surface area contributed by atoms with Crippen molar-refractivity contribution < 1.29 is 10.0 Å². The highest BCUT2D eigenvalue weighted by Gasteiger charge is 2.08. The van der Waals surface area contributed by atoms with Gasteiger partial charge in [-0.05, 0) is 16.6 Å². The molecule has 2 aromatic rings. The number of hydrogen-bond donors (Lipinski definition) is 2. The van der Waals surface area contributed by atoms with Crippen LogP contribution in [0.25, 0.3) is 12.2 Å². The minimum atomic E-state index is -1.40. The van der Waals surface area contributed by atoms with Crippen LogP contribution in [0.1, 0.15) is 11.1 Å². The van der Waals surface area contributed by atoms with Gasteiger partial charge in [0.25, 0.3) is 0 Å². The Balaban J connectivity index is 2.12. The highest BCUT2D eigenvalue weighted by molar-refractivity contribution is 6.58. The average molecular weight is 224 g/mol. The summed E-state index contributed by atoms with van der Waals surface area (Å²) in [5, 5.41) is 17.9. The van der Waals surface area contributed by atoms with Crippen LogP contribution >= 0.6 is 0 Å². The second kappa shape index (κ2) is 5.48. The van der Waals surface area contributed by atoms with Gasteiger partial charge in [0.2, 0.25) is 0 Å². The summed E-state index contributed by atoms with van der Waals surface area (Å²) in [4.78, 5) is 0. The molecule has 0 radical (unpaired) electrons. The van der Waals surface area contributed by atoms with Crippen LogP contribution in [-0.4, -0.2) is 17.2 Å². The molecule has 17 heavy (non-hydrogen) atoms. The molecule has 0 unspecified atom stereocenters. The Morgan fingerprint density at radius 1 is 0.706 bits per heavy atom. The summed E-state index contributed by atoms with van der Waals surface area (Å²) >= 11 is 0. The number of hydrogen-bond acceptors (Lipinski definition) is 2. The third-order valence-electron chi connectivity index (χ3n) is 2.50. The van der Waals surface area contributed by atoms with Crippen molar-refractivity contribution in [3.05, 3.63) is 65.7 Å². The molecule has 2 rings (SSSR count). The largest absolute Gasteiger partial charge is 0.488 e. The van der Waals surface area contributed by atoms with Crippen molar-refractivity contribution in [1.29, 1.82) is 0 Å². The van der Waals surface area contributed by atoms with Crippen LogP contribution in [0.5, 0.6) is 0 Å². The Kier molecular flexibility index (Phi) is 3.75. The van der Waals surface area contributed by atoms with Gasteiger partial charge in [-0.25, -0.2) is 0 Å². The van der Waals surface area contributed by atoms with E-state index in [0.717, 1.165) is 11.1 Å². The first-order valence-electron chi connectivity index (χ1n) is 5.45. The van der Waals surface area contributed by atoms with Gasteiger partial charge in [0, 0.05) is 0 Å². The summed E-state index contributed by atoms with van der Waals surface area (Å²) in [7, 11) is -1.40. The molecule has 2 aromatic carbocycles. The Morgan fingerprint density at radius 2 is 1.24 bits per heavy atom. The van der Waals surface area contributed by atoms with E-state index in [0.29, 0.717) is 5.46 Å². The SMILES string of the molecule is OB(O)c1ccc(/C=C\c2ccccc2)cc1. The third kappa shape index (κ3) is 3.31. The van der Waals surface area contributed by atoms with E-state index in [1.807, 2.05) is 54.6 Å². The molecule has 0 saturated heterocycles. The van der Waals surface area contributed by atoms with E-state index in [-0.39, 0.29) is 0 Å². The number of rotatable bonds is 3. The monoisotopic (exact) mass is 224 g/mol. The van der Waals surface area contributed by atoms with Gasteiger partial charge in [0.15, 0.2) is 0 Å². The van der Waals surface area contributed by atoms with Crippen molar-refractivity contribution in [2.45, 2.75) is 0 Å². The lowest BCUT2D eigenvalue weighted by molar-refractivity contribution is 0.426. The maximum Gasteiger partial charge on any atom is 0.488 e. The predicted molar refractivity (Wildman–Crippen MR) is 71.6 cm³/mol. The molecule has 0 spiro atoms. The maximum atomic E-state index is 8.96. The first-order chi connectivity index (χ1) is 8.25. The molecule has 0 fully saturated rings. The van der Waals surface area contributed by atoms with Gasteiger partial charge < -0.3 is 10.0 Å². The van der Waals surface area contributed by atoms with Gasteiger partial charge in [0.05, 0.1) is 0 Å². The fourth-order valence-corrected chi connectivity index (χ4v) is 1.54. The molecule has 2 nitrogen and oxygen atoms in total. The normalized spacial score (nSPS) is 10.7. The first kappa shape index (κ1) is 11.6. The molecule has 84 valence electrons. The van der Waals surface area contributed by atoms with Crippen LogP contribution in [0.2, 0.25) is 0 Å². The van der Waals surface area contributed by atoms with E-state index >= 15 is 0 Å². The molecule has 2 N–H and O–H groups in total. The fourth-order valence-electron chi connectivity index (χ4n) is 1.54. The maximum absolute atomic E-state index is 8.96. The van der Waals surface area contributed by atoms with E-state index in [4.69, 9.17) is 10.0 Å². The van der Waals surface area contributed by atoms with Crippen molar-refractivity contribution in [2.24, 2.45) is 0 Å². The van der Waals surface area contributed by atoms with Crippen LogP contribution in [0, 0.1) is 0 Å². The second-order valence-corrected chi connectivity index (χ2v) is 3.78. The van der Waals surface area contributed by atoms with Crippen molar-refractivity contribution in [3.8, 4) is 0 Å². The zero-order valence-corrected chi connectivity index (χ0v) is 9.32.